The van der Waals surface area contributed by atoms with Gasteiger partial charge in [0.25, 0.3) is 0 Å². The molecule has 0 unspecified atom stereocenters. The number of amides is 1. The normalized spacial score (nSPS) is 22.2. The number of halogens is 1. The van der Waals surface area contributed by atoms with Crippen molar-refractivity contribution in [3.05, 3.63) is 43.1 Å². The van der Waals surface area contributed by atoms with Crippen molar-refractivity contribution >= 4 is 22.5 Å². The molecule has 2 fully saturated rings. The molecule has 2 aliphatic rings. The van der Waals surface area contributed by atoms with Crippen molar-refractivity contribution in [3.8, 4) is 11.4 Å². The first-order chi connectivity index (χ1) is 15.1. The summed E-state index contributed by atoms with van der Waals surface area (Å²) >= 11 is 0. The van der Waals surface area contributed by atoms with Gasteiger partial charge in [-0.15, -0.1) is 0 Å². The Hall–Kier alpha value is -3.00. The van der Waals surface area contributed by atoms with Crippen LogP contribution in [-0.4, -0.2) is 56.5 Å². The number of fused-ring (bicyclic) bond motifs is 1. The number of carbonyl (C=O) groups is 1. The highest BCUT2D eigenvalue weighted by atomic mass is 19.1. The first kappa shape index (κ1) is 19.9. The van der Waals surface area contributed by atoms with Crippen LogP contribution < -0.4 is 5.32 Å². The summed E-state index contributed by atoms with van der Waals surface area (Å²) in [6.45, 7) is 2.10. The molecule has 4 heterocycles. The highest BCUT2D eigenvalue weighted by molar-refractivity contribution is 5.94. The minimum atomic E-state index is -0.649. The van der Waals surface area contributed by atoms with E-state index in [1.807, 2.05) is 12.1 Å². The molecule has 0 atom stereocenters. The van der Waals surface area contributed by atoms with Gasteiger partial charge < -0.3 is 5.32 Å². The molecule has 0 spiro atoms. The maximum absolute atomic E-state index is 13.0. The predicted molar refractivity (Wildman–Crippen MR) is 116 cm³/mol. The summed E-state index contributed by atoms with van der Waals surface area (Å²) in [4.78, 5) is 32.2. The summed E-state index contributed by atoms with van der Waals surface area (Å²) in [5, 5.41) is 4.82. The van der Waals surface area contributed by atoms with Crippen LogP contribution in [0.25, 0.3) is 22.2 Å². The van der Waals surface area contributed by atoms with E-state index in [0.717, 1.165) is 48.7 Å². The summed E-state index contributed by atoms with van der Waals surface area (Å²) in [5.74, 6) is 1.15. The number of likely N-dealkylation sites (tertiary alicyclic amines) is 1. The number of pyridine rings is 2. The lowest BCUT2D eigenvalue weighted by atomic mass is 9.81. The van der Waals surface area contributed by atoms with Gasteiger partial charge in [0.05, 0.1) is 11.9 Å². The van der Waals surface area contributed by atoms with E-state index in [4.69, 9.17) is 0 Å². The molecule has 7 nitrogen and oxygen atoms in total. The highest BCUT2D eigenvalue weighted by Gasteiger charge is 2.31. The molecule has 3 aromatic rings. The molecule has 8 heteroatoms. The van der Waals surface area contributed by atoms with Crippen LogP contribution in [0.5, 0.6) is 0 Å². The van der Waals surface area contributed by atoms with E-state index in [9.17, 15) is 9.18 Å². The molecule has 1 aliphatic heterocycles. The van der Waals surface area contributed by atoms with E-state index in [1.165, 1.54) is 0 Å². The quantitative estimate of drug-likeness (QED) is 0.680. The van der Waals surface area contributed by atoms with Gasteiger partial charge in [-0.1, -0.05) is 0 Å². The Kier molecular flexibility index (Phi) is 5.55. The summed E-state index contributed by atoms with van der Waals surface area (Å²) in [7, 11) is 0. The van der Waals surface area contributed by atoms with Gasteiger partial charge in [-0.3, -0.25) is 24.6 Å². The molecule has 5 rings (SSSR count). The Balaban J connectivity index is 1.21. The molecule has 31 heavy (non-hydrogen) atoms. The van der Waals surface area contributed by atoms with E-state index in [1.54, 1.807) is 31.0 Å². The van der Waals surface area contributed by atoms with Gasteiger partial charge >= 0.3 is 0 Å². The summed E-state index contributed by atoms with van der Waals surface area (Å²) < 4.78 is 13.0. The molecule has 1 N–H and O–H groups in total. The third-order valence-corrected chi connectivity index (χ3v) is 6.33. The van der Waals surface area contributed by atoms with Crippen molar-refractivity contribution < 1.29 is 9.18 Å². The van der Waals surface area contributed by atoms with Gasteiger partial charge in [0.2, 0.25) is 5.91 Å². The van der Waals surface area contributed by atoms with Crippen LogP contribution in [0.15, 0.2) is 43.1 Å². The first-order valence-corrected chi connectivity index (χ1v) is 10.8. The molecule has 0 bridgehead atoms. The molecule has 1 saturated carbocycles. The molecule has 3 aromatic heterocycles. The molecule has 0 radical (unpaired) electrons. The van der Waals surface area contributed by atoms with Crippen molar-refractivity contribution in [2.24, 2.45) is 11.8 Å². The van der Waals surface area contributed by atoms with Crippen molar-refractivity contribution in [2.75, 3.05) is 25.0 Å². The Labute approximate surface area is 180 Å². The van der Waals surface area contributed by atoms with Gasteiger partial charge in [-0.2, -0.15) is 0 Å². The van der Waals surface area contributed by atoms with E-state index >= 15 is 0 Å². The number of hydrogen-bond donors (Lipinski definition) is 1. The van der Waals surface area contributed by atoms with E-state index < -0.39 is 6.17 Å². The van der Waals surface area contributed by atoms with Crippen molar-refractivity contribution in [2.45, 2.75) is 31.9 Å². The Bertz CT molecular complexity index is 1060. The average Bonchev–Trinajstić information content (AvgIpc) is 2.78. The fourth-order valence-electron chi connectivity index (χ4n) is 4.53. The molecular weight excluding hydrogens is 395 g/mol. The second kappa shape index (κ2) is 8.63. The van der Waals surface area contributed by atoms with Gasteiger partial charge in [-0.25, -0.2) is 9.37 Å². The van der Waals surface area contributed by atoms with Crippen LogP contribution in [-0.2, 0) is 4.79 Å². The van der Waals surface area contributed by atoms with Crippen LogP contribution in [0.3, 0.4) is 0 Å². The van der Waals surface area contributed by atoms with Crippen LogP contribution in [0, 0.1) is 11.8 Å². The monoisotopic (exact) mass is 420 g/mol. The fourth-order valence-corrected chi connectivity index (χ4v) is 4.53. The molecule has 0 aromatic carbocycles. The van der Waals surface area contributed by atoms with Crippen LogP contribution >= 0.6 is 0 Å². The second-order valence-electron chi connectivity index (χ2n) is 8.60. The minimum Gasteiger partial charge on any atom is -0.310 e. The largest absolute Gasteiger partial charge is 0.310 e. The van der Waals surface area contributed by atoms with Gasteiger partial charge in [0.1, 0.15) is 17.7 Å². The maximum Gasteiger partial charge on any atom is 0.228 e. The number of nitrogens with zero attached hydrogens (tertiary/aromatic N) is 5. The zero-order chi connectivity index (χ0) is 21.2. The number of anilines is 1. The smallest absolute Gasteiger partial charge is 0.228 e. The number of rotatable bonds is 5. The predicted octanol–water partition coefficient (Wildman–Crippen LogP) is 3.49. The number of hydrogen-bond acceptors (Lipinski definition) is 6. The fraction of sp³-hybridized carbons (Fsp3) is 0.435. The average molecular weight is 420 g/mol. The van der Waals surface area contributed by atoms with Crippen LogP contribution in [0.4, 0.5) is 10.2 Å². The SMILES string of the molecule is O=C(Nc1cc2cc(-c3cnccn3)ncc2cn1)[C@H]1CC[C@H](CN2CC(F)C2)CC1. The third-order valence-electron chi connectivity index (χ3n) is 6.33. The topological polar surface area (TPSA) is 83.9 Å². The number of carbonyl (C=O) groups excluding carboxylic acids is 1. The van der Waals surface area contributed by atoms with Crippen LogP contribution in [0.1, 0.15) is 25.7 Å². The Morgan fingerprint density at radius 3 is 2.52 bits per heavy atom. The van der Waals surface area contributed by atoms with Crippen molar-refractivity contribution in [1.29, 1.82) is 0 Å². The number of alkyl halides is 1. The standard InChI is InChI=1S/C23H25FN6O/c24-19-13-30(14-19)12-15-1-3-16(4-2-15)23(31)29-22-8-17-7-20(21-11-25-5-6-26-21)27-9-18(17)10-28-22/h5-11,15-16,19H,1-4,12-14H2,(H,28,29,31)/t15-,16-. The van der Waals surface area contributed by atoms with E-state index in [2.05, 4.69) is 30.2 Å². The molecule has 1 saturated heterocycles. The number of aromatic nitrogens is 4. The summed E-state index contributed by atoms with van der Waals surface area (Å²) in [5.41, 5.74) is 1.42. The Morgan fingerprint density at radius 1 is 0.968 bits per heavy atom. The molecular formula is C23H25FN6O. The zero-order valence-electron chi connectivity index (χ0n) is 17.2. The number of nitrogens with one attached hydrogen (secondary N) is 1. The molecule has 1 amide bonds. The molecule has 1 aliphatic carbocycles. The van der Waals surface area contributed by atoms with Gasteiger partial charge in [0, 0.05) is 55.7 Å². The van der Waals surface area contributed by atoms with Crippen molar-refractivity contribution in [3.63, 3.8) is 0 Å². The van der Waals surface area contributed by atoms with E-state index in [0.29, 0.717) is 30.5 Å². The second-order valence-corrected chi connectivity index (χ2v) is 8.60. The lowest BCUT2D eigenvalue weighted by molar-refractivity contribution is -0.121. The highest BCUT2D eigenvalue weighted by Crippen LogP contribution is 2.31. The summed E-state index contributed by atoms with van der Waals surface area (Å²) in [6, 6.07) is 3.80. The minimum absolute atomic E-state index is 0.00616. The Morgan fingerprint density at radius 2 is 1.77 bits per heavy atom. The lowest BCUT2D eigenvalue weighted by Crippen LogP contribution is -2.50. The first-order valence-electron chi connectivity index (χ1n) is 10.8. The zero-order valence-corrected chi connectivity index (χ0v) is 17.2. The lowest BCUT2D eigenvalue weighted by Gasteiger charge is -2.38. The maximum atomic E-state index is 13.0. The van der Waals surface area contributed by atoms with Crippen molar-refractivity contribution in [1.82, 2.24) is 24.8 Å². The third kappa shape index (κ3) is 4.54. The molecule has 160 valence electrons. The van der Waals surface area contributed by atoms with Gasteiger partial charge in [-0.05, 0) is 49.1 Å². The van der Waals surface area contributed by atoms with E-state index in [-0.39, 0.29) is 11.8 Å². The van der Waals surface area contributed by atoms with Gasteiger partial charge in [0.15, 0.2) is 0 Å². The van der Waals surface area contributed by atoms with Crippen LogP contribution in [0.2, 0.25) is 0 Å². The summed E-state index contributed by atoms with van der Waals surface area (Å²) in [6.07, 6.45) is 11.5.